The Hall–Kier alpha value is -1.18. The Labute approximate surface area is 124 Å². The Morgan fingerprint density at radius 3 is 2.48 bits per heavy atom. The van der Waals surface area contributed by atoms with Gasteiger partial charge >= 0.3 is 6.18 Å². The molecule has 1 aliphatic rings. The van der Waals surface area contributed by atoms with Crippen LogP contribution in [0.3, 0.4) is 0 Å². The number of ether oxygens (including phenoxy) is 4. The Balaban J connectivity index is 2.31. The van der Waals surface area contributed by atoms with Crippen LogP contribution in [0, 0.1) is 0 Å². The summed E-state index contributed by atoms with van der Waals surface area (Å²) in [5.74, 6) is 0.287. The third-order valence-corrected chi connectivity index (χ3v) is 3.19. The fraction of sp³-hybridized carbons (Fsp3) is 0.538. The molecule has 0 N–H and O–H groups in total. The van der Waals surface area contributed by atoms with E-state index in [1.165, 1.54) is 20.3 Å². The van der Waals surface area contributed by atoms with Crippen LogP contribution >= 0.6 is 11.6 Å². The number of hydrogen-bond donors (Lipinski definition) is 0. The molecule has 1 saturated heterocycles. The quantitative estimate of drug-likeness (QED) is 0.751. The van der Waals surface area contributed by atoms with Gasteiger partial charge in [-0.25, -0.2) is 0 Å². The normalized spacial score (nSPS) is 19.2. The lowest BCUT2D eigenvalue weighted by atomic mass is 10.1. The molecule has 8 heteroatoms. The largest absolute Gasteiger partial charge is 0.493 e. The molecular formula is C13H14ClF3O4. The van der Waals surface area contributed by atoms with E-state index in [0.717, 1.165) is 6.07 Å². The molecule has 0 aliphatic carbocycles. The molecule has 1 aliphatic heterocycles. The van der Waals surface area contributed by atoms with E-state index in [1.54, 1.807) is 0 Å². The third-order valence-electron chi connectivity index (χ3n) is 2.91. The minimum absolute atomic E-state index is 0.0207. The van der Waals surface area contributed by atoms with E-state index in [-0.39, 0.29) is 34.8 Å². The first kappa shape index (κ1) is 16.2. The van der Waals surface area contributed by atoms with E-state index in [2.05, 4.69) is 0 Å². The van der Waals surface area contributed by atoms with Gasteiger partial charge in [0, 0.05) is 0 Å². The zero-order chi connectivity index (χ0) is 15.6. The number of methoxy groups -OCH3 is 2. The summed E-state index contributed by atoms with van der Waals surface area (Å²) in [6, 6.07) is 2.37. The second kappa shape index (κ2) is 6.29. The topological polar surface area (TPSA) is 40.2 Å². The average Bonchev–Trinajstić information content (AvgIpc) is 3.20. The molecule has 0 bridgehead atoms. The van der Waals surface area contributed by atoms with Crippen LogP contribution in [-0.4, -0.2) is 39.7 Å². The van der Waals surface area contributed by atoms with Crippen LogP contribution in [-0.2, 0) is 9.47 Å². The van der Waals surface area contributed by atoms with Gasteiger partial charge in [0.15, 0.2) is 17.6 Å². The fourth-order valence-electron chi connectivity index (χ4n) is 1.84. The van der Waals surface area contributed by atoms with Gasteiger partial charge in [-0.3, -0.25) is 0 Å². The maximum atomic E-state index is 13.1. The SMILES string of the molecule is COc1cc([C@@H](OC[C@H]2CO2)C(F)(F)F)cc(Cl)c1OC. The first-order valence-corrected chi connectivity index (χ1v) is 6.46. The zero-order valence-electron chi connectivity index (χ0n) is 11.4. The maximum Gasteiger partial charge on any atom is 0.418 e. The number of epoxide rings is 1. The summed E-state index contributed by atoms with van der Waals surface area (Å²) >= 11 is 5.93. The van der Waals surface area contributed by atoms with Crippen molar-refractivity contribution in [3.05, 3.63) is 22.7 Å². The van der Waals surface area contributed by atoms with Crippen molar-refractivity contribution in [3.63, 3.8) is 0 Å². The number of rotatable bonds is 6. The van der Waals surface area contributed by atoms with Gasteiger partial charge in [0.25, 0.3) is 0 Å². The molecule has 0 unspecified atom stereocenters. The minimum Gasteiger partial charge on any atom is -0.493 e. The summed E-state index contributed by atoms with van der Waals surface area (Å²) in [5, 5.41) is 0.0207. The van der Waals surface area contributed by atoms with Gasteiger partial charge in [0.05, 0.1) is 32.5 Å². The highest BCUT2D eigenvalue weighted by molar-refractivity contribution is 6.32. The summed E-state index contributed by atoms with van der Waals surface area (Å²) in [7, 11) is 2.67. The summed E-state index contributed by atoms with van der Waals surface area (Å²) in [5.41, 5.74) is -0.147. The molecular weight excluding hydrogens is 313 g/mol. The van der Waals surface area contributed by atoms with Crippen LogP contribution < -0.4 is 9.47 Å². The molecule has 0 radical (unpaired) electrons. The predicted molar refractivity (Wildman–Crippen MR) is 69.0 cm³/mol. The van der Waals surface area contributed by atoms with Gasteiger partial charge in [-0.05, 0) is 17.7 Å². The Morgan fingerprint density at radius 1 is 1.33 bits per heavy atom. The van der Waals surface area contributed by atoms with Crippen molar-refractivity contribution < 1.29 is 32.1 Å². The number of halogens is 4. The number of benzene rings is 1. The third kappa shape index (κ3) is 3.93. The van der Waals surface area contributed by atoms with E-state index in [0.29, 0.717) is 6.61 Å². The summed E-state index contributed by atoms with van der Waals surface area (Å²) in [6.07, 6.45) is -6.94. The molecule has 118 valence electrons. The summed E-state index contributed by atoms with van der Waals surface area (Å²) in [4.78, 5) is 0. The highest BCUT2D eigenvalue weighted by Gasteiger charge is 2.43. The van der Waals surface area contributed by atoms with Gasteiger partial charge in [0.2, 0.25) is 0 Å². The first-order valence-electron chi connectivity index (χ1n) is 6.08. The van der Waals surface area contributed by atoms with Gasteiger partial charge < -0.3 is 18.9 Å². The van der Waals surface area contributed by atoms with Gasteiger partial charge in [-0.2, -0.15) is 13.2 Å². The van der Waals surface area contributed by atoms with Crippen molar-refractivity contribution >= 4 is 11.6 Å². The summed E-state index contributed by atoms with van der Waals surface area (Å²) < 4.78 is 59.2. The molecule has 1 heterocycles. The smallest absolute Gasteiger partial charge is 0.418 e. The lowest BCUT2D eigenvalue weighted by Gasteiger charge is -2.22. The number of alkyl halides is 3. The lowest BCUT2D eigenvalue weighted by Crippen LogP contribution is -2.25. The van der Waals surface area contributed by atoms with Crippen molar-refractivity contribution in [2.75, 3.05) is 27.4 Å². The van der Waals surface area contributed by atoms with E-state index in [1.807, 2.05) is 0 Å². The number of hydrogen-bond acceptors (Lipinski definition) is 4. The molecule has 1 aromatic carbocycles. The van der Waals surface area contributed by atoms with Crippen LogP contribution in [0.25, 0.3) is 0 Å². The molecule has 21 heavy (non-hydrogen) atoms. The first-order chi connectivity index (χ1) is 9.86. The van der Waals surface area contributed by atoms with E-state index in [9.17, 15) is 13.2 Å². The monoisotopic (exact) mass is 326 g/mol. The molecule has 0 aromatic heterocycles. The molecule has 2 rings (SSSR count). The van der Waals surface area contributed by atoms with Crippen molar-refractivity contribution in [1.29, 1.82) is 0 Å². The molecule has 0 saturated carbocycles. The van der Waals surface area contributed by atoms with Crippen LogP contribution in [0.5, 0.6) is 11.5 Å². The second-order valence-electron chi connectivity index (χ2n) is 4.45. The molecule has 2 atom stereocenters. The van der Waals surface area contributed by atoms with Crippen LogP contribution in [0.2, 0.25) is 5.02 Å². The van der Waals surface area contributed by atoms with Crippen LogP contribution in [0.15, 0.2) is 12.1 Å². The fourth-order valence-corrected chi connectivity index (χ4v) is 2.13. The van der Waals surface area contributed by atoms with Crippen molar-refractivity contribution in [2.45, 2.75) is 18.4 Å². The molecule has 0 spiro atoms. The lowest BCUT2D eigenvalue weighted by molar-refractivity contribution is -0.224. The van der Waals surface area contributed by atoms with Crippen molar-refractivity contribution in [2.24, 2.45) is 0 Å². The van der Waals surface area contributed by atoms with Crippen molar-refractivity contribution in [1.82, 2.24) is 0 Å². The summed E-state index contributed by atoms with van der Waals surface area (Å²) in [6.45, 7) is 0.285. The average molecular weight is 327 g/mol. The Kier molecular flexibility index (Phi) is 4.85. The Morgan fingerprint density at radius 2 is 2.00 bits per heavy atom. The standard InChI is InChI=1S/C13H14ClF3O4/c1-18-10-4-7(3-9(14)11(10)19-2)12(13(15,16)17)21-6-8-5-20-8/h3-4,8,12H,5-6H2,1-2H3/t8-,12-/m1/s1. The maximum absolute atomic E-state index is 13.1. The Bertz CT molecular complexity index is 503. The highest BCUT2D eigenvalue weighted by atomic mass is 35.5. The van der Waals surface area contributed by atoms with Gasteiger partial charge in [0.1, 0.15) is 6.10 Å². The van der Waals surface area contributed by atoms with E-state index < -0.39 is 12.3 Å². The van der Waals surface area contributed by atoms with E-state index in [4.69, 9.17) is 30.5 Å². The van der Waals surface area contributed by atoms with Crippen LogP contribution in [0.4, 0.5) is 13.2 Å². The zero-order valence-corrected chi connectivity index (χ0v) is 12.1. The van der Waals surface area contributed by atoms with Gasteiger partial charge in [-0.1, -0.05) is 11.6 Å². The predicted octanol–water partition coefficient (Wildman–Crippen LogP) is 3.38. The van der Waals surface area contributed by atoms with Crippen molar-refractivity contribution in [3.8, 4) is 11.5 Å². The molecule has 4 nitrogen and oxygen atoms in total. The van der Waals surface area contributed by atoms with Crippen LogP contribution in [0.1, 0.15) is 11.7 Å². The van der Waals surface area contributed by atoms with E-state index >= 15 is 0 Å². The molecule has 1 fully saturated rings. The molecule has 0 amide bonds. The van der Waals surface area contributed by atoms with Gasteiger partial charge in [-0.15, -0.1) is 0 Å². The molecule has 1 aromatic rings. The second-order valence-corrected chi connectivity index (χ2v) is 4.86. The highest BCUT2D eigenvalue weighted by Crippen LogP contribution is 2.43. The minimum atomic E-state index is -4.57.